The molecule has 1 amide bonds. The molecule has 200 valence electrons. The topological polar surface area (TPSA) is 101 Å². The van der Waals surface area contributed by atoms with Crippen LogP contribution in [0, 0.1) is 17.7 Å². The first kappa shape index (κ1) is 26.9. The molecule has 0 aliphatic heterocycles. The van der Waals surface area contributed by atoms with E-state index in [0.717, 1.165) is 34.7 Å². The molecule has 6 nitrogen and oxygen atoms in total. The van der Waals surface area contributed by atoms with Crippen molar-refractivity contribution >= 4 is 33.2 Å². The van der Waals surface area contributed by atoms with Gasteiger partial charge >= 0.3 is 0 Å². The molecule has 4 aromatic carbocycles. The van der Waals surface area contributed by atoms with Gasteiger partial charge in [-0.1, -0.05) is 42.2 Å². The molecule has 0 aliphatic rings. The molecule has 5 rings (SSSR count). The van der Waals surface area contributed by atoms with Crippen LogP contribution in [0.3, 0.4) is 0 Å². The van der Waals surface area contributed by atoms with Crippen LogP contribution in [-0.2, 0) is 23.0 Å². The molecule has 1 heterocycles. The third-order valence-electron chi connectivity index (χ3n) is 6.43. The van der Waals surface area contributed by atoms with Gasteiger partial charge in [0.1, 0.15) is 5.82 Å². The largest absolute Gasteiger partial charge is 0.398 e. The Balaban J connectivity index is 1.37. The number of benzene rings is 4. The van der Waals surface area contributed by atoms with E-state index < -0.39 is 10.8 Å². The number of anilines is 1. The SMILES string of the molecule is Nc1cccc2cc(CS(=O)c3ccc(C(=O)NCCCc4cn[nH]c4)cc3C#Cc3ccc(F)cc3)ccc12. The summed E-state index contributed by atoms with van der Waals surface area (Å²) >= 11 is 0. The predicted octanol–water partition coefficient (Wildman–Crippen LogP) is 5.35. The first-order valence-corrected chi connectivity index (χ1v) is 14.1. The van der Waals surface area contributed by atoms with Crippen LogP contribution in [0.2, 0.25) is 0 Å². The van der Waals surface area contributed by atoms with Crippen molar-refractivity contribution in [3.63, 3.8) is 0 Å². The zero-order chi connectivity index (χ0) is 27.9. The molecular formula is C32H27FN4O2S. The lowest BCUT2D eigenvalue weighted by Crippen LogP contribution is -2.25. The summed E-state index contributed by atoms with van der Waals surface area (Å²) in [6.07, 6.45) is 5.16. The fourth-order valence-corrected chi connectivity index (χ4v) is 5.54. The van der Waals surface area contributed by atoms with Gasteiger partial charge in [-0.15, -0.1) is 0 Å². The molecule has 1 unspecified atom stereocenters. The molecular weight excluding hydrogens is 523 g/mol. The number of carbonyl (C=O) groups excluding carboxylic acids is 1. The highest BCUT2D eigenvalue weighted by Crippen LogP contribution is 2.24. The number of nitrogen functional groups attached to an aromatic ring is 1. The fourth-order valence-electron chi connectivity index (χ4n) is 4.33. The van der Waals surface area contributed by atoms with Crippen molar-refractivity contribution in [1.82, 2.24) is 15.5 Å². The summed E-state index contributed by atoms with van der Waals surface area (Å²) < 4.78 is 26.9. The number of aromatic nitrogens is 2. The highest BCUT2D eigenvalue weighted by atomic mass is 32.2. The molecule has 4 N–H and O–H groups in total. The van der Waals surface area contributed by atoms with Gasteiger partial charge in [-0.25, -0.2) is 4.39 Å². The first-order valence-electron chi connectivity index (χ1n) is 12.8. The molecule has 40 heavy (non-hydrogen) atoms. The Morgan fingerprint density at radius 2 is 1.85 bits per heavy atom. The van der Waals surface area contributed by atoms with Gasteiger partial charge in [-0.3, -0.25) is 14.1 Å². The van der Waals surface area contributed by atoms with Crippen LogP contribution in [0.4, 0.5) is 10.1 Å². The lowest BCUT2D eigenvalue weighted by Gasteiger charge is -2.10. The number of fused-ring (bicyclic) bond motifs is 1. The Morgan fingerprint density at radius 3 is 2.65 bits per heavy atom. The number of amides is 1. The lowest BCUT2D eigenvalue weighted by molar-refractivity contribution is 0.0953. The number of nitrogens with zero attached hydrogens (tertiary/aromatic N) is 1. The molecule has 5 aromatic rings. The van der Waals surface area contributed by atoms with Gasteiger partial charge in [0.05, 0.1) is 27.6 Å². The molecule has 0 spiro atoms. The van der Waals surface area contributed by atoms with E-state index in [2.05, 4.69) is 27.4 Å². The molecule has 0 bridgehead atoms. The summed E-state index contributed by atoms with van der Waals surface area (Å²) in [6.45, 7) is 0.501. The number of nitrogens with two attached hydrogens (primary N) is 1. The minimum Gasteiger partial charge on any atom is -0.398 e. The van der Waals surface area contributed by atoms with E-state index in [1.54, 1.807) is 36.5 Å². The van der Waals surface area contributed by atoms with E-state index >= 15 is 0 Å². The van der Waals surface area contributed by atoms with E-state index in [0.29, 0.717) is 33.8 Å². The van der Waals surface area contributed by atoms with Crippen LogP contribution in [0.25, 0.3) is 10.8 Å². The maximum atomic E-state index is 13.6. The maximum Gasteiger partial charge on any atom is 0.251 e. The first-order chi connectivity index (χ1) is 19.5. The number of hydrogen-bond donors (Lipinski definition) is 3. The molecule has 0 aliphatic carbocycles. The smallest absolute Gasteiger partial charge is 0.251 e. The van der Waals surface area contributed by atoms with Crippen molar-refractivity contribution < 1.29 is 13.4 Å². The van der Waals surface area contributed by atoms with Gasteiger partial charge in [0.2, 0.25) is 0 Å². The summed E-state index contributed by atoms with van der Waals surface area (Å²) in [7, 11) is -1.44. The summed E-state index contributed by atoms with van der Waals surface area (Å²) in [6, 6.07) is 22.4. The highest BCUT2D eigenvalue weighted by Gasteiger charge is 2.14. The quantitative estimate of drug-likeness (QED) is 0.138. The minimum absolute atomic E-state index is 0.235. The van der Waals surface area contributed by atoms with Crippen molar-refractivity contribution in [3.05, 3.63) is 125 Å². The summed E-state index contributed by atoms with van der Waals surface area (Å²) in [5.41, 5.74) is 10.3. The van der Waals surface area contributed by atoms with Crippen LogP contribution in [-0.4, -0.2) is 26.9 Å². The van der Waals surface area contributed by atoms with E-state index in [1.807, 2.05) is 42.6 Å². The van der Waals surface area contributed by atoms with Crippen molar-refractivity contribution in [2.75, 3.05) is 12.3 Å². The van der Waals surface area contributed by atoms with Gasteiger partial charge < -0.3 is 11.1 Å². The average Bonchev–Trinajstić information content (AvgIpc) is 3.48. The number of H-pyrrole nitrogens is 1. The molecule has 0 radical (unpaired) electrons. The Kier molecular flexibility index (Phi) is 8.33. The number of halogens is 1. The third kappa shape index (κ3) is 6.63. The molecule has 1 aromatic heterocycles. The normalized spacial score (nSPS) is 11.5. The van der Waals surface area contributed by atoms with Crippen molar-refractivity contribution in [2.24, 2.45) is 0 Å². The number of nitrogens with one attached hydrogen (secondary N) is 2. The summed E-state index contributed by atoms with van der Waals surface area (Å²) in [5.74, 6) is 5.76. The minimum atomic E-state index is -1.44. The van der Waals surface area contributed by atoms with Gasteiger partial charge in [0.25, 0.3) is 5.91 Å². The number of carbonyl (C=O) groups is 1. The number of aryl methyl sites for hydroxylation is 1. The lowest BCUT2D eigenvalue weighted by atomic mass is 10.1. The molecule has 0 fully saturated rings. The fraction of sp³-hybridized carbons (Fsp3) is 0.125. The second kappa shape index (κ2) is 12.4. The van der Waals surface area contributed by atoms with Crippen molar-refractivity contribution in [3.8, 4) is 11.8 Å². The number of aromatic amines is 1. The number of rotatable bonds is 8. The third-order valence-corrected chi connectivity index (χ3v) is 7.87. The van der Waals surface area contributed by atoms with E-state index in [-0.39, 0.29) is 17.5 Å². The Morgan fingerprint density at radius 1 is 1.00 bits per heavy atom. The molecule has 8 heteroatoms. The van der Waals surface area contributed by atoms with Crippen LogP contribution < -0.4 is 11.1 Å². The zero-order valence-corrected chi connectivity index (χ0v) is 22.4. The van der Waals surface area contributed by atoms with Crippen molar-refractivity contribution in [2.45, 2.75) is 23.5 Å². The van der Waals surface area contributed by atoms with E-state index in [1.165, 1.54) is 12.1 Å². The predicted molar refractivity (Wildman–Crippen MR) is 157 cm³/mol. The van der Waals surface area contributed by atoms with Gasteiger partial charge in [-0.05, 0) is 77.9 Å². The Labute approximate surface area is 234 Å². The molecule has 0 saturated heterocycles. The standard InChI is InChI=1S/C32H27FN4O2S/c33-28-12-7-22(8-13-28)6-10-26-18-27(32(38)35-16-2-3-24-19-36-37-20-24)11-15-31(26)40(39)21-23-9-14-29-25(17-23)4-1-5-30(29)34/h1,4-5,7-9,11-15,17-20H,2-3,16,21,34H2,(H,35,38)(H,36,37). The van der Waals surface area contributed by atoms with Gasteiger partial charge in [0.15, 0.2) is 0 Å². The highest BCUT2D eigenvalue weighted by molar-refractivity contribution is 7.84. The van der Waals surface area contributed by atoms with Gasteiger partial charge in [0, 0.05) is 40.5 Å². The summed E-state index contributed by atoms with van der Waals surface area (Å²) in [4.78, 5) is 13.4. The monoisotopic (exact) mass is 550 g/mol. The van der Waals surface area contributed by atoms with E-state index in [9.17, 15) is 13.4 Å². The maximum absolute atomic E-state index is 13.6. The summed E-state index contributed by atoms with van der Waals surface area (Å²) in [5, 5.41) is 11.6. The van der Waals surface area contributed by atoms with Crippen LogP contribution in [0.1, 0.15) is 39.0 Å². The Hall–Kier alpha value is -4.74. The van der Waals surface area contributed by atoms with Gasteiger partial charge in [-0.2, -0.15) is 5.10 Å². The van der Waals surface area contributed by atoms with E-state index in [4.69, 9.17) is 5.73 Å². The molecule has 1 atom stereocenters. The zero-order valence-electron chi connectivity index (χ0n) is 21.6. The van der Waals surface area contributed by atoms with Crippen LogP contribution in [0.15, 0.2) is 96.2 Å². The van der Waals surface area contributed by atoms with Crippen molar-refractivity contribution in [1.29, 1.82) is 0 Å². The average molecular weight is 551 g/mol. The van der Waals surface area contributed by atoms with Crippen LogP contribution >= 0.6 is 0 Å². The second-order valence-corrected chi connectivity index (χ2v) is 10.7. The number of hydrogen-bond acceptors (Lipinski definition) is 4. The second-order valence-electron chi connectivity index (χ2n) is 9.33. The Bertz CT molecular complexity index is 1740. The molecule has 0 saturated carbocycles. The van der Waals surface area contributed by atoms with Crippen LogP contribution in [0.5, 0.6) is 0 Å².